The van der Waals surface area contributed by atoms with E-state index >= 15 is 0 Å². The molecule has 0 unspecified atom stereocenters. The second kappa shape index (κ2) is 5.10. The summed E-state index contributed by atoms with van der Waals surface area (Å²) in [5.74, 6) is 0.0866. The molecular weight excluding hydrogens is 232 g/mol. The van der Waals surface area contributed by atoms with Gasteiger partial charge in [0.1, 0.15) is 0 Å². The first kappa shape index (κ1) is 11.8. The normalized spacial score (nSPS) is 10.2. The van der Waals surface area contributed by atoms with Crippen molar-refractivity contribution in [3.8, 4) is 0 Å². The fourth-order valence-corrected chi connectivity index (χ4v) is 2.32. The summed E-state index contributed by atoms with van der Waals surface area (Å²) in [6, 6.07) is 9.65. The predicted octanol–water partition coefficient (Wildman–Crippen LogP) is 2.66. The molecule has 0 aliphatic carbocycles. The molecule has 88 valence electrons. The van der Waals surface area contributed by atoms with E-state index in [9.17, 15) is 4.79 Å². The third-order valence-corrected chi connectivity index (χ3v) is 3.61. The van der Waals surface area contributed by atoms with Crippen molar-refractivity contribution < 1.29 is 4.79 Å². The Labute approximate surface area is 105 Å². The Morgan fingerprint density at radius 2 is 2.06 bits per heavy atom. The van der Waals surface area contributed by atoms with E-state index in [1.54, 1.807) is 17.5 Å². The quantitative estimate of drug-likeness (QED) is 0.834. The fraction of sp³-hybridized carbons (Fsp3) is 0.231. The van der Waals surface area contributed by atoms with Gasteiger partial charge in [0.05, 0.1) is 17.6 Å². The summed E-state index contributed by atoms with van der Waals surface area (Å²) in [6.07, 6.45) is 0.419. The van der Waals surface area contributed by atoms with Crippen LogP contribution in [0.4, 0.5) is 5.69 Å². The summed E-state index contributed by atoms with van der Waals surface area (Å²) in [4.78, 5) is 18.9. The molecule has 1 aromatic carbocycles. The molecule has 0 aliphatic heterocycles. The van der Waals surface area contributed by atoms with Gasteiger partial charge >= 0.3 is 0 Å². The maximum absolute atomic E-state index is 12.1. The number of aryl methyl sites for hydroxylation is 1. The number of rotatable bonds is 3. The first-order valence-corrected chi connectivity index (χ1v) is 6.27. The fourth-order valence-electron chi connectivity index (χ4n) is 1.55. The standard InChI is InChI=1S/C13H14N2OS/c1-10-12(17-9-14-10)8-13(16)15(2)11-6-4-3-5-7-11/h3-7,9H,8H2,1-2H3. The molecule has 1 aromatic heterocycles. The van der Waals surface area contributed by atoms with E-state index in [-0.39, 0.29) is 5.91 Å². The molecule has 2 aromatic rings. The van der Waals surface area contributed by atoms with E-state index in [1.165, 1.54) is 11.3 Å². The Balaban J connectivity index is 2.09. The van der Waals surface area contributed by atoms with Gasteiger partial charge in [-0.15, -0.1) is 11.3 Å². The van der Waals surface area contributed by atoms with Crippen LogP contribution in [0.3, 0.4) is 0 Å². The maximum atomic E-state index is 12.1. The zero-order valence-corrected chi connectivity index (χ0v) is 10.7. The van der Waals surface area contributed by atoms with E-state index in [2.05, 4.69) is 4.98 Å². The topological polar surface area (TPSA) is 33.2 Å². The van der Waals surface area contributed by atoms with E-state index in [0.717, 1.165) is 16.3 Å². The van der Waals surface area contributed by atoms with Crippen LogP contribution in [-0.4, -0.2) is 17.9 Å². The first-order chi connectivity index (χ1) is 8.18. The average Bonchev–Trinajstić information content (AvgIpc) is 2.75. The summed E-state index contributed by atoms with van der Waals surface area (Å²) >= 11 is 1.53. The molecule has 0 fully saturated rings. The Hall–Kier alpha value is -1.68. The number of para-hydroxylation sites is 1. The van der Waals surface area contributed by atoms with Crippen molar-refractivity contribution in [2.75, 3.05) is 11.9 Å². The molecule has 17 heavy (non-hydrogen) atoms. The Morgan fingerprint density at radius 1 is 1.35 bits per heavy atom. The highest BCUT2D eigenvalue weighted by Gasteiger charge is 2.13. The molecule has 0 aliphatic rings. The molecule has 3 nitrogen and oxygen atoms in total. The number of amides is 1. The van der Waals surface area contributed by atoms with Crippen molar-refractivity contribution in [2.24, 2.45) is 0 Å². The molecule has 0 saturated carbocycles. The van der Waals surface area contributed by atoms with Gasteiger partial charge in [0.25, 0.3) is 0 Å². The molecule has 0 spiro atoms. The number of carbonyl (C=O) groups is 1. The Morgan fingerprint density at radius 3 is 2.65 bits per heavy atom. The molecule has 4 heteroatoms. The van der Waals surface area contributed by atoms with Crippen LogP contribution in [-0.2, 0) is 11.2 Å². The Kier molecular flexibility index (Phi) is 3.54. The van der Waals surface area contributed by atoms with Crippen molar-refractivity contribution in [1.82, 2.24) is 4.98 Å². The number of nitrogens with zero attached hydrogens (tertiary/aromatic N) is 2. The van der Waals surface area contributed by atoms with Crippen LogP contribution in [0.15, 0.2) is 35.8 Å². The van der Waals surface area contributed by atoms with Gasteiger partial charge in [-0.1, -0.05) is 18.2 Å². The minimum Gasteiger partial charge on any atom is -0.315 e. The van der Waals surface area contributed by atoms with Crippen LogP contribution >= 0.6 is 11.3 Å². The summed E-state index contributed by atoms with van der Waals surface area (Å²) in [6.45, 7) is 1.93. The monoisotopic (exact) mass is 246 g/mol. The van der Waals surface area contributed by atoms with Gasteiger partial charge in [0, 0.05) is 17.6 Å². The lowest BCUT2D eigenvalue weighted by Crippen LogP contribution is -2.27. The van der Waals surface area contributed by atoms with Crippen molar-refractivity contribution >= 4 is 22.9 Å². The number of likely N-dealkylation sites (N-methyl/N-ethyl adjacent to an activating group) is 1. The molecule has 0 radical (unpaired) electrons. The van der Waals surface area contributed by atoms with E-state index in [0.29, 0.717) is 6.42 Å². The van der Waals surface area contributed by atoms with Crippen molar-refractivity contribution in [3.63, 3.8) is 0 Å². The van der Waals surface area contributed by atoms with Crippen LogP contribution < -0.4 is 4.90 Å². The van der Waals surface area contributed by atoms with Gasteiger partial charge in [-0.2, -0.15) is 0 Å². The molecule has 0 atom stereocenters. The zero-order chi connectivity index (χ0) is 12.3. The lowest BCUT2D eigenvalue weighted by molar-refractivity contribution is -0.117. The van der Waals surface area contributed by atoms with E-state index in [1.807, 2.05) is 37.3 Å². The average molecular weight is 246 g/mol. The molecule has 2 rings (SSSR count). The summed E-state index contributed by atoms with van der Waals surface area (Å²) in [5.41, 5.74) is 3.64. The lowest BCUT2D eigenvalue weighted by atomic mass is 10.2. The molecule has 0 saturated heterocycles. The number of hydrogen-bond donors (Lipinski definition) is 0. The third-order valence-electron chi connectivity index (χ3n) is 2.67. The van der Waals surface area contributed by atoms with E-state index < -0.39 is 0 Å². The minimum absolute atomic E-state index is 0.0866. The van der Waals surface area contributed by atoms with Crippen LogP contribution in [0.25, 0.3) is 0 Å². The number of hydrogen-bond acceptors (Lipinski definition) is 3. The highest BCUT2D eigenvalue weighted by atomic mass is 32.1. The molecule has 1 amide bonds. The largest absolute Gasteiger partial charge is 0.315 e. The van der Waals surface area contributed by atoms with Gasteiger partial charge in [-0.25, -0.2) is 4.98 Å². The van der Waals surface area contributed by atoms with Gasteiger partial charge in [0.2, 0.25) is 5.91 Å². The van der Waals surface area contributed by atoms with Crippen LogP contribution in [0.1, 0.15) is 10.6 Å². The van der Waals surface area contributed by atoms with Gasteiger partial charge in [-0.05, 0) is 19.1 Å². The van der Waals surface area contributed by atoms with E-state index in [4.69, 9.17) is 0 Å². The molecule has 0 N–H and O–H groups in total. The number of thiazole rings is 1. The number of anilines is 1. The predicted molar refractivity (Wildman–Crippen MR) is 70.4 cm³/mol. The third kappa shape index (κ3) is 2.71. The number of benzene rings is 1. The molecular formula is C13H14N2OS. The highest BCUT2D eigenvalue weighted by molar-refractivity contribution is 7.09. The minimum atomic E-state index is 0.0866. The summed E-state index contributed by atoms with van der Waals surface area (Å²) in [7, 11) is 1.80. The highest BCUT2D eigenvalue weighted by Crippen LogP contribution is 2.17. The first-order valence-electron chi connectivity index (χ1n) is 5.39. The zero-order valence-electron chi connectivity index (χ0n) is 9.88. The van der Waals surface area contributed by atoms with Crippen molar-refractivity contribution in [1.29, 1.82) is 0 Å². The van der Waals surface area contributed by atoms with Crippen LogP contribution in [0, 0.1) is 6.92 Å². The second-order valence-electron chi connectivity index (χ2n) is 3.83. The van der Waals surface area contributed by atoms with Crippen molar-refractivity contribution in [3.05, 3.63) is 46.4 Å². The Bertz CT molecular complexity index is 507. The smallest absolute Gasteiger partial charge is 0.232 e. The SMILES string of the molecule is Cc1ncsc1CC(=O)N(C)c1ccccc1. The summed E-state index contributed by atoms with van der Waals surface area (Å²) in [5, 5.41) is 0. The maximum Gasteiger partial charge on any atom is 0.232 e. The summed E-state index contributed by atoms with van der Waals surface area (Å²) < 4.78 is 0. The lowest BCUT2D eigenvalue weighted by Gasteiger charge is -2.16. The van der Waals surface area contributed by atoms with Gasteiger partial charge in [-0.3, -0.25) is 4.79 Å². The second-order valence-corrected chi connectivity index (χ2v) is 4.77. The van der Waals surface area contributed by atoms with Crippen LogP contribution in [0.5, 0.6) is 0 Å². The number of carbonyl (C=O) groups excluding carboxylic acids is 1. The molecule has 0 bridgehead atoms. The van der Waals surface area contributed by atoms with Gasteiger partial charge in [0.15, 0.2) is 0 Å². The van der Waals surface area contributed by atoms with Crippen molar-refractivity contribution in [2.45, 2.75) is 13.3 Å². The van der Waals surface area contributed by atoms with Gasteiger partial charge < -0.3 is 4.90 Å². The number of aromatic nitrogens is 1. The van der Waals surface area contributed by atoms with Crippen LogP contribution in [0.2, 0.25) is 0 Å². The molecule has 1 heterocycles.